The Morgan fingerprint density at radius 1 is 1.26 bits per heavy atom. The van der Waals surface area contributed by atoms with Crippen molar-refractivity contribution in [3.63, 3.8) is 0 Å². The first kappa shape index (κ1) is 13.9. The average molecular weight is 268 g/mol. The fourth-order valence-electron chi connectivity index (χ4n) is 2.14. The molecule has 0 unspecified atom stereocenters. The number of amides is 1. The van der Waals surface area contributed by atoms with Crippen molar-refractivity contribution in [3.8, 4) is 0 Å². The molecule has 1 fully saturated rings. The fourth-order valence-corrected chi connectivity index (χ4v) is 2.14. The molecule has 3 nitrogen and oxygen atoms in total. The average Bonchev–Trinajstić information content (AvgIpc) is 2.47. The summed E-state index contributed by atoms with van der Waals surface area (Å²) >= 11 is 0. The van der Waals surface area contributed by atoms with Crippen LogP contribution in [0.3, 0.4) is 0 Å². The molecule has 1 aromatic rings. The highest BCUT2D eigenvalue weighted by Crippen LogP contribution is 2.30. The molecule has 0 spiro atoms. The van der Waals surface area contributed by atoms with Gasteiger partial charge in [0.2, 0.25) is 0 Å². The van der Waals surface area contributed by atoms with E-state index < -0.39 is 11.8 Å². The van der Waals surface area contributed by atoms with Gasteiger partial charge in [0.05, 0.1) is 0 Å². The molecule has 0 aliphatic carbocycles. The molecule has 0 aromatic heterocycles. The predicted octanol–water partition coefficient (Wildman–Crippen LogP) is 1.77. The van der Waals surface area contributed by atoms with Crippen LogP contribution in [0.5, 0.6) is 0 Å². The van der Waals surface area contributed by atoms with E-state index in [-0.39, 0.29) is 5.56 Å². The van der Waals surface area contributed by atoms with Crippen molar-refractivity contribution in [2.45, 2.75) is 19.3 Å². The summed E-state index contributed by atoms with van der Waals surface area (Å²) in [5.41, 5.74) is 0.752. The summed E-state index contributed by atoms with van der Waals surface area (Å²) in [6.45, 7) is 3.76. The second-order valence-electron chi connectivity index (χ2n) is 4.67. The minimum Gasteiger partial charge on any atom is -0.335 e. The van der Waals surface area contributed by atoms with Gasteiger partial charge < -0.3 is 10.2 Å². The summed E-state index contributed by atoms with van der Waals surface area (Å²) in [7, 11) is 0. The lowest BCUT2D eigenvalue weighted by atomic mass is 10.0. The first-order chi connectivity index (χ1) is 9.05. The Kier molecular flexibility index (Phi) is 4.14. The number of carbonyl (C=O) groups excluding carboxylic acids is 1. The number of aryl methyl sites for hydroxylation is 1. The van der Waals surface area contributed by atoms with Gasteiger partial charge in [-0.25, -0.2) is 0 Å². The third-order valence-corrected chi connectivity index (χ3v) is 3.40. The first-order valence-corrected chi connectivity index (χ1v) is 6.53. The molecule has 0 atom stereocenters. The van der Waals surface area contributed by atoms with E-state index in [9.17, 15) is 13.6 Å². The minimum atomic E-state index is -3.44. The zero-order chi connectivity index (χ0) is 13.9. The van der Waals surface area contributed by atoms with Crippen LogP contribution in [0.2, 0.25) is 0 Å². The number of carbonyl (C=O) groups is 1. The van der Waals surface area contributed by atoms with Crippen molar-refractivity contribution >= 4 is 5.91 Å². The van der Waals surface area contributed by atoms with E-state index in [0.29, 0.717) is 26.2 Å². The number of halogens is 2. The van der Waals surface area contributed by atoms with E-state index >= 15 is 0 Å². The van der Waals surface area contributed by atoms with Crippen LogP contribution in [-0.2, 0) is 17.1 Å². The molecular formula is C14H18F2N2O. The molecule has 1 aromatic carbocycles. The van der Waals surface area contributed by atoms with Gasteiger partial charge in [-0.05, 0) is 12.0 Å². The molecule has 1 saturated heterocycles. The molecule has 1 amide bonds. The van der Waals surface area contributed by atoms with E-state index in [4.69, 9.17) is 0 Å². The highest BCUT2D eigenvalue weighted by atomic mass is 19.3. The van der Waals surface area contributed by atoms with Crippen molar-refractivity contribution in [1.82, 2.24) is 10.2 Å². The normalized spacial score (nSPS) is 16.5. The number of nitrogens with one attached hydrogen (secondary N) is 1. The Hall–Kier alpha value is -1.49. The highest BCUT2D eigenvalue weighted by Gasteiger charge is 2.43. The quantitative estimate of drug-likeness (QED) is 0.906. The van der Waals surface area contributed by atoms with Crippen LogP contribution in [0.15, 0.2) is 24.3 Å². The third-order valence-electron chi connectivity index (χ3n) is 3.40. The topological polar surface area (TPSA) is 32.3 Å². The zero-order valence-corrected chi connectivity index (χ0v) is 11.0. The van der Waals surface area contributed by atoms with E-state index in [1.54, 1.807) is 12.1 Å². The third kappa shape index (κ3) is 2.92. The van der Waals surface area contributed by atoms with Crippen LogP contribution >= 0.6 is 0 Å². The minimum absolute atomic E-state index is 0.228. The van der Waals surface area contributed by atoms with Gasteiger partial charge >= 0.3 is 5.92 Å². The number of hydrogen-bond acceptors (Lipinski definition) is 2. The van der Waals surface area contributed by atoms with Crippen LogP contribution < -0.4 is 5.32 Å². The van der Waals surface area contributed by atoms with Crippen molar-refractivity contribution < 1.29 is 13.6 Å². The molecule has 2 rings (SSSR count). The van der Waals surface area contributed by atoms with E-state index in [1.807, 2.05) is 6.92 Å². The Morgan fingerprint density at radius 3 is 2.37 bits per heavy atom. The molecule has 19 heavy (non-hydrogen) atoms. The van der Waals surface area contributed by atoms with Crippen LogP contribution in [0.4, 0.5) is 8.78 Å². The molecule has 5 heteroatoms. The Labute approximate surface area is 111 Å². The first-order valence-electron chi connectivity index (χ1n) is 6.53. The molecule has 104 valence electrons. The largest absolute Gasteiger partial charge is 0.349 e. The molecule has 0 bridgehead atoms. The maximum atomic E-state index is 14.2. The number of piperazine rings is 1. The Balaban J connectivity index is 2.17. The SMILES string of the molecule is CCc1ccc(C(F)(F)C(=O)N2CCNCC2)cc1. The fraction of sp³-hybridized carbons (Fsp3) is 0.500. The summed E-state index contributed by atoms with van der Waals surface area (Å²) in [6, 6.07) is 5.99. The molecule has 0 saturated carbocycles. The molecular weight excluding hydrogens is 250 g/mol. The molecule has 1 aliphatic heterocycles. The van der Waals surface area contributed by atoms with Gasteiger partial charge in [-0.3, -0.25) is 4.79 Å². The number of benzene rings is 1. The van der Waals surface area contributed by atoms with Gasteiger partial charge in [-0.1, -0.05) is 31.2 Å². The maximum Gasteiger partial charge on any atom is 0.349 e. The number of rotatable bonds is 3. The predicted molar refractivity (Wildman–Crippen MR) is 69.2 cm³/mol. The van der Waals surface area contributed by atoms with Crippen molar-refractivity contribution in [3.05, 3.63) is 35.4 Å². The molecule has 0 radical (unpaired) electrons. The summed E-state index contributed by atoms with van der Waals surface area (Å²) in [5, 5.41) is 3.04. The van der Waals surface area contributed by atoms with E-state index in [0.717, 1.165) is 12.0 Å². The lowest BCUT2D eigenvalue weighted by molar-refractivity contribution is -0.159. The van der Waals surface area contributed by atoms with Crippen molar-refractivity contribution in [2.24, 2.45) is 0 Å². The second-order valence-corrected chi connectivity index (χ2v) is 4.67. The van der Waals surface area contributed by atoms with Crippen LogP contribution in [-0.4, -0.2) is 37.0 Å². The van der Waals surface area contributed by atoms with Gasteiger partial charge in [0.15, 0.2) is 0 Å². The maximum absolute atomic E-state index is 14.2. The van der Waals surface area contributed by atoms with E-state index in [2.05, 4.69) is 5.32 Å². The number of hydrogen-bond donors (Lipinski definition) is 1. The molecule has 1 N–H and O–H groups in total. The van der Waals surface area contributed by atoms with Gasteiger partial charge in [0.1, 0.15) is 0 Å². The Morgan fingerprint density at radius 2 is 1.84 bits per heavy atom. The molecule has 1 aliphatic rings. The van der Waals surface area contributed by atoms with Gasteiger partial charge in [-0.2, -0.15) is 8.78 Å². The second kappa shape index (κ2) is 5.65. The smallest absolute Gasteiger partial charge is 0.335 e. The lowest BCUT2D eigenvalue weighted by Gasteiger charge is -2.30. The molecule has 1 heterocycles. The van der Waals surface area contributed by atoms with Gasteiger partial charge in [0.25, 0.3) is 5.91 Å². The summed E-state index contributed by atoms with van der Waals surface area (Å²) in [6.07, 6.45) is 0.789. The summed E-state index contributed by atoms with van der Waals surface area (Å²) in [4.78, 5) is 13.1. The van der Waals surface area contributed by atoms with Crippen molar-refractivity contribution in [1.29, 1.82) is 0 Å². The Bertz CT molecular complexity index is 439. The van der Waals surface area contributed by atoms with Gasteiger partial charge in [-0.15, -0.1) is 0 Å². The standard InChI is InChI=1S/C14H18F2N2O/c1-2-11-3-5-12(6-4-11)14(15,16)13(19)18-9-7-17-8-10-18/h3-6,17H,2,7-10H2,1H3. The lowest BCUT2D eigenvalue weighted by Crippen LogP contribution is -2.51. The van der Waals surface area contributed by atoms with Crippen LogP contribution in [0.1, 0.15) is 18.1 Å². The number of alkyl halides is 2. The van der Waals surface area contributed by atoms with Gasteiger partial charge in [0, 0.05) is 31.7 Å². The van der Waals surface area contributed by atoms with Crippen LogP contribution in [0.25, 0.3) is 0 Å². The van der Waals surface area contributed by atoms with E-state index in [1.165, 1.54) is 17.0 Å². The summed E-state index contributed by atoms with van der Waals surface area (Å²) in [5.74, 6) is -4.54. The monoisotopic (exact) mass is 268 g/mol. The summed E-state index contributed by atoms with van der Waals surface area (Å²) < 4.78 is 28.3. The highest BCUT2D eigenvalue weighted by molar-refractivity contribution is 5.85. The number of nitrogens with zero attached hydrogens (tertiary/aromatic N) is 1. The van der Waals surface area contributed by atoms with Crippen molar-refractivity contribution in [2.75, 3.05) is 26.2 Å². The van der Waals surface area contributed by atoms with Crippen LogP contribution in [0, 0.1) is 0 Å². The zero-order valence-electron chi connectivity index (χ0n) is 11.0.